The van der Waals surface area contributed by atoms with Crippen LogP contribution in [0.4, 0.5) is 0 Å². The van der Waals surface area contributed by atoms with Crippen molar-refractivity contribution >= 4 is 0 Å². The smallest absolute Gasteiger partial charge is 0.266 e. The normalized spacial score (nSPS) is 14.3. The van der Waals surface area contributed by atoms with Crippen LogP contribution in [0, 0.1) is 5.92 Å². The van der Waals surface area contributed by atoms with Crippen molar-refractivity contribution in [3.63, 3.8) is 0 Å². The third-order valence-corrected chi connectivity index (χ3v) is 1.23. The van der Waals surface area contributed by atoms with Crippen molar-refractivity contribution in [2.45, 2.75) is 26.7 Å². The molecule has 0 aliphatic rings. The van der Waals surface area contributed by atoms with E-state index in [0.29, 0.717) is 12.5 Å². The third kappa shape index (κ3) is 5.76. The Bertz CT molecular complexity index is 63.3. The van der Waals surface area contributed by atoms with Gasteiger partial charge in [-0.3, -0.25) is 0 Å². The summed E-state index contributed by atoms with van der Waals surface area (Å²) in [5.41, 5.74) is 0. The summed E-state index contributed by atoms with van der Waals surface area (Å²) in [4.78, 5) is 0. The van der Waals surface area contributed by atoms with E-state index < -0.39 is 6.48 Å². The van der Waals surface area contributed by atoms with Crippen LogP contribution in [0.2, 0.25) is 0 Å². The highest BCUT2D eigenvalue weighted by molar-refractivity contribution is 4.44. The summed E-state index contributed by atoms with van der Waals surface area (Å²) in [7, 11) is 0. The van der Waals surface area contributed by atoms with Crippen LogP contribution in [0.3, 0.4) is 0 Å². The van der Waals surface area contributed by atoms with Gasteiger partial charge in [0.25, 0.3) is 6.48 Å². The number of hydrogen-bond donors (Lipinski definition) is 2. The van der Waals surface area contributed by atoms with Crippen LogP contribution in [-0.2, 0) is 4.74 Å². The van der Waals surface area contributed by atoms with Gasteiger partial charge >= 0.3 is 0 Å². The minimum Gasteiger partial charge on any atom is -0.346 e. The minimum absolute atomic E-state index is 0.395. The molecule has 0 rings (SSSR count). The lowest BCUT2D eigenvalue weighted by Gasteiger charge is -2.09. The first kappa shape index (κ1) is 8.88. The average Bonchev–Trinajstić information content (AvgIpc) is 1.83. The second kappa shape index (κ2) is 4.73. The summed E-state index contributed by atoms with van der Waals surface area (Å²) in [6.45, 7) is 2.81. The van der Waals surface area contributed by atoms with Gasteiger partial charge in [0.1, 0.15) is 0 Å². The Hall–Kier alpha value is -0.120. The predicted octanol–water partition coefficient (Wildman–Crippen LogP) is 0.317. The molecule has 0 aromatic heterocycles. The Balaban J connectivity index is 3.06. The van der Waals surface area contributed by atoms with Crippen molar-refractivity contribution in [1.82, 2.24) is 0 Å². The fraction of sp³-hybridized carbons (Fsp3) is 1.00. The molecule has 0 aromatic rings. The van der Waals surface area contributed by atoms with Gasteiger partial charge in [0.05, 0.1) is 6.61 Å². The molecule has 0 bridgehead atoms. The van der Waals surface area contributed by atoms with E-state index in [1.54, 1.807) is 0 Å². The molecule has 0 saturated heterocycles. The molecule has 0 aliphatic heterocycles. The lowest BCUT2D eigenvalue weighted by molar-refractivity contribution is -0.238. The van der Waals surface area contributed by atoms with Crippen molar-refractivity contribution in [1.29, 1.82) is 0 Å². The van der Waals surface area contributed by atoms with E-state index in [-0.39, 0.29) is 0 Å². The molecule has 0 heterocycles. The van der Waals surface area contributed by atoms with Crippen molar-refractivity contribution in [2.75, 3.05) is 6.61 Å². The monoisotopic (exact) mass is 134 g/mol. The van der Waals surface area contributed by atoms with Crippen molar-refractivity contribution in [2.24, 2.45) is 5.92 Å². The molecule has 0 amide bonds. The Morgan fingerprint density at radius 2 is 2.00 bits per heavy atom. The Labute approximate surface area is 55.3 Å². The third-order valence-electron chi connectivity index (χ3n) is 1.23. The lowest BCUT2D eigenvalue weighted by atomic mass is 10.1. The molecule has 0 aromatic carbocycles. The van der Waals surface area contributed by atoms with Crippen LogP contribution < -0.4 is 0 Å². The molecule has 2 N–H and O–H groups in total. The number of aliphatic hydroxyl groups excluding tert-OH is 1. The lowest BCUT2D eigenvalue weighted by Crippen LogP contribution is -2.14. The maximum atomic E-state index is 8.23. The van der Waals surface area contributed by atoms with Crippen LogP contribution in [0.25, 0.3) is 0 Å². The second-order valence-electron chi connectivity index (χ2n) is 2.17. The molecular weight excluding hydrogens is 120 g/mol. The largest absolute Gasteiger partial charge is 0.346 e. The fourth-order valence-corrected chi connectivity index (χ4v) is 0.368. The van der Waals surface area contributed by atoms with Crippen molar-refractivity contribution < 1.29 is 14.9 Å². The van der Waals surface area contributed by atoms with Crippen LogP contribution >= 0.6 is 0 Å². The first-order valence-corrected chi connectivity index (χ1v) is 3.14. The number of hydrogen-bond acceptors (Lipinski definition) is 3. The molecule has 1 unspecified atom stereocenters. The molecule has 0 saturated carbocycles. The van der Waals surface area contributed by atoms with Gasteiger partial charge in [0.15, 0.2) is 0 Å². The highest BCUT2D eigenvalue weighted by Gasteiger charge is 2.01. The molecular formula is C6H14O3. The van der Waals surface area contributed by atoms with Gasteiger partial charge in [-0.05, 0) is 5.92 Å². The molecule has 0 spiro atoms. The number of ether oxygens (including phenoxy) is 1. The van der Waals surface area contributed by atoms with E-state index >= 15 is 0 Å². The maximum Gasteiger partial charge on any atom is 0.266 e. The molecule has 0 aliphatic carbocycles. The maximum absolute atomic E-state index is 8.23. The van der Waals surface area contributed by atoms with Gasteiger partial charge in [-0.2, -0.15) is 0 Å². The van der Waals surface area contributed by atoms with Gasteiger partial charge in [-0.25, -0.2) is 0 Å². The SMILES string of the molecule is CCC(C)COC(O)O. The van der Waals surface area contributed by atoms with Gasteiger partial charge in [-0.15, -0.1) is 0 Å². The van der Waals surface area contributed by atoms with Crippen LogP contribution in [0.1, 0.15) is 20.3 Å². The Morgan fingerprint density at radius 1 is 1.44 bits per heavy atom. The first-order valence-electron chi connectivity index (χ1n) is 3.14. The second-order valence-corrected chi connectivity index (χ2v) is 2.17. The van der Waals surface area contributed by atoms with Crippen LogP contribution in [-0.4, -0.2) is 23.3 Å². The van der Waals surface area contributed by atoms with E-state index in [4.69, 9.17) is 10.2 Å². The standard InChI is InChI=1S/C6H14O3/c1-3-5(2)4-9-6(7)8/h5-8H,3-4H2,1-2H3. The van der Waals surface area contributed by atoms with Crippen LogP contribution in [0.5, 0.6) is 0 Å². The molecule has 0 fully saturated rings. The summed E-state index contributed by atoms with van der Waals surface area (Å²) < 4.78 is 4.51. The Kier molecular flexibility index (Phi) is 4.67. The highest BCUT2D eigenvalue weighted by atomic mass is 16.7. The topological polar surface area (TPSA) is 49.7 Å². The van der Waals surface area contributed by atoms with Crippen molar-refractivity contribution in [3.05, 3.63) is 0 Å². The summed E-state index contributed by atoms with van der Waals surface area (Å²) in [6.07, 6.45) is 0.993. The quantitative estimate of drug-likeness (QED) is 0.544. The molecule has 56 valence electrons. The highest BCUT2D eigenvalue weighted by Crippen LogP contribution is 2.00. The van der Waals surface area contributed by atoms with Gasteiger partial charge in [0.2, 0.25) is 0 Å². The zero-order chi connectivity index (χ0) is 7.28. The summed E-state index contributed by atoms with van der Waals surface area (Å²) in [5, 5.41) is 16.5. The molecule has 3 nitrogen and oxygen atoms in total. The molecule has 1 atom stereocenters. The molecule has 3 heteroatoms. The molecule has 9 heavy (non-hydrogen) atoms. The first-order chi connectivity index (χ1) is 4.16. The van der Waals surface area contributed by atoms with E-state index in [1.165, 1.54) is 0 Å². The summed E-state index contributed by atoms with van der Waals surface area (Å²) in [5.74, 6) is 0.395. The van der Waals surface area contributed by atoms with Gasteiger partial charge in [-0.1, -0.05) is 20.3 Å². The van der Waals surface area contributed by atoms with Crippen LogP contribution in [0.15, 0.2) is 0 Å². The van der Waals surface area contributed by atoms with Gasteiger partial charge in [0, 0.05) is 0 Å². The van der Waals surface area contributed by atoms with E-state index in [2.05, 4.69) is 4.74 Å². The van der Waals surface area contributed by atoms with E-state index in [9.17, 15) is 0 Å². The zero-order valence-electron chi connectivity index (χ0n) is 5.87. The van der Waals surface area contributed by atoms with Crippen molar-refractivity contribution in [3.8, 4) is 0 Å². The molecule has 0 radical (unpaired) electrons. The number of rotatable bonds is 4. The number of aliphatic hydroxyl groups is 2. The average molecular weight is 134 g/mol. The summed E-state index contributed by atoms with van der Waals surface area (Å²) in [6, 6.07) is 0. The fourth-order valence-electron chi connectivity index (χ4n) is 0.368. The minimum atomic E-state index is -1.61. The predicted molar refractivity (Wildman–Crippen MR) is 33.6 cm³/mol. The summed E-state index contributed by atoms with van der Waals surface area (Å²) >= 11 is 0. The van der Waals surface area contributed by atoms with Gasteiger partial charge < -0.3 is 14.9 Å². The van der Waals surface area contributed by atoms with E-state index in [1.807, 2.05) is 13.8 Å². The van der Waals surface area contributed by atoms with E-state index in [0.717, 1.165) is 6.42 Å². The Morgan fingerprint density at radius 3 is 2.33 bits per heavy atom. The zero-order valence-corrected chi connectivity index (χ0v) is 5.87.